The van der Waals surface area contributed by atoms with Gasteiger partial charge in [0.2, 0.25) is 0 Å². The van der Waals surface area contributed by atoms with E-state index >= 15 is 0 Å². The second kappa shape index (κ2) is 12.7. The van der Waals surface area contributed by atoms with E-state index in [-0.39, 0.29) is 6.10 Å². The van der Waals surface area contributed by atoms with Crippen molar-refractivity contribution in [3.63, 3.8) is 0 Å². The first kappa shape index (κ1) is 21.7. The van der Waals surface area contributed by atoms with E-state index in [1.807, 2.05) is 6.07 Å². The summed E-state index contributed by atoms with van der Waals surface area (Å²) in [5.41, 5.74) is 1.23. The fourth-order valence-electron chi connectivity index (χ4n) is 3.50. The van der Waals surface area contributed by atoms with Crippen molar-refractivity contribution in [2.45, 2.75) is 46.1 Å². The van der Waals surface area contributed by atoms with Crippen LogP contribution in [0.25, 0.3) is 0 Å². The lowest BCUT2D eigenvalue weighted by molar-refractivity contribution is 0.0646. The summed E-state index contributed by atoms with van der Waals surface area (Å²) in [6, 6.07) is 10.4. The van der Waals surface area contributed by atoms with Crippen LogP contribution in [0.3, 0.4) is 0 Å². The molecule has 2 rings (SSSR count). The van der Waals surface area contributed by atoms with Crippen molar-refractivity contribution in [3.05, 3.63) is 35.9 Å². The van der Waals surface area contributed by atoms with Crippen LogP contribution in [0.5, 0.6) is 0 Å². The van der Waals surface area contributed by atoms with E-state index in [0.717, 1.165) is 38.6 Å². The Hall–Kier alpha value is -1.59. The molecule has 0 spiro atoms. The van der Waals surface area contributed by atoms with Gasteiger partial charge in [-0.3, -0.25) is 4.99 Å². The Bertz CT molecular complexity index is 534. The topological polar surface area (TPSA) is 48.9 Å². The second-order valence-electron chi connectivity index (χ2n) is 7.38. The second-order valence-corrected chi connectivity index (χ2v) is 7.38. The van der Waals surface area contributed by atoms with Crippen LogP contribution >= 0.6 is 0 Å². The van der Waals surface area contributed by atoms with Gasteiger partial charge in [0.05, 0.1) is 6.10 Å². The van der Waals surface area contributed by atoms with Gasteiger partial charge in [0.25, 0.3) is 0 Å². The molecule has 0 aliphatic carbocycles. The Balaban J connectivity index is 1.64. The number of rotatable bonds is 11. The van der Waals surface area contributed by atoms with Crippen molar-refractivity contribution in [2.24, 2.45) is 10.9 Å². The van der Waals surface area contributed by atoms with Crippen molar-refractivity contribution < 1.29 is 4.74 Å². The zero-order valence-electron chi connectivity index (χ0n) is 17.4. The molecule has 1 aromatic rings. The zero-order chi connectivity index (χ0) is 19.3. The minimum atomic E-state index is 0.140. The van der Waals surface area contributed by atoms with Gasteiger partial charge in [-0.2, -0.15) is 0 Å². The van der Waals surface area contributed by atoms with Gasteiger partial charge < -0.3 is 20.3 Å². The normalized spacial score (nSPS) is 19.2. The highest BCUT2D eigenvalue weighted by Crippen LogP contribution is 2.17. The number of aliphatic imine (C=N–C) groups is 1. The molecule has 2 N–H and O–H groups in total. The fraction of sp³-hybridized carbons (Fsp3) is 0.682. The quantitative estimate of drug-likeness (QED) is 0.354. The number of nitrogens with one attached hydrogen (secondary N) is 2. The molecule has 1 heterocycles. The van der Waals surface area contributed by atoms with Crippen LogP contribution in [0.4, 0.5) is 0 Å². The number of likely N-dealkylation sites (tertiary alicyclic amines) is 1. The van der Waals surface area contributed by atoms with Crippen molar-refractivity contribution in [2.75, 3.05) is 45.9 Å². The zero-order valence-corrected chi connectivity index (χ0v) is 17.4. The summed E-state index contributed by atoms with van der Waals surface area (Å²) < 4.78 is 5.94. The van der Waals surface area contributed by atoms with E-state index in [2.05, 4.69) is 60.6 Å². The molecule has 5 heteroatoms. The Morgan fingerprint density at radius 1 is 1.26 bits per heavy atom. The molecule has 2 unspecified atom stereocenters. The summed E-state index contributed by atoms with van der Waals surface area (Å²) in [6.07, 6.45) is 3.62. The predicted octanol–water partition coefficient (Wildman–Crippen LogP) is 3.44. The maximum absolute atomic E-state index is 5.94. The van der Waals surface area contributed by atoms with E-state index in [4.69, 9.17) is 9.73 Å². The van der Waals surface area contributed by atoms with Gasteiger partial charge in [-0.25, -0.2) is 0 Å². The SMILES string of the molecule is CCCN1CCC(CN=C(NCC)NCCCOC(C)c2ccccc2)C1. The van der Waals surface area contributed by atoms with Crippen molar-refractivity contribution >= 4 is 5.96 Å². The van der Waals surface area contributed by atoms with Gasteiger partial charge >= 0.3 is 0 Å². The number of benzene rings is 1. The van der Waals surface area contributed by atoms with Crippen LogP contribution in [0.15, 0.2) is 35.3 Å². The Morgan fingerprint density at radius 2 is 2.07 bits per heavy atom. The Labute approximate surface area is 165 Å². The lowest BCUT2D eigenvalue weighted by Crippen LogP contribution is -2.38. The largest absolute Gasteiger partial charge is 0.374 e. The van der Waals surface area contributed by atoms with Crippen molar-refractivity contribution in [3.8, 4) is 0 Å². The van der Waals surface area contributed by atoms with E-state index in [9.17, 15) is 0 Å². The number of hydrogen-bond donors (Lipinski definition) is 2. The molecule has 5 nitrogen and oxygen atoms in total. The van der Waals surface area contributed by atoms with Gasteiger partial charge in [0, 0.05) is 32.8 Å². The lowest BCUT2D eigenvalue weighted by atomic mass is 10.1. The minimum absolute atomic E-state index is 0.140. The monoisotopic (exact) mass is 374 g/mol. The third-order valence-electron chi connectivity index (χ3n) is 5.01. The third kappa shape index (κ3) is 8.31. The molecular formula is C22H38N4O. The smallest absolute Gasteiger partial charge is 0.191 e. The van der Waals surface area contributed by atoms with Gasteiger partial charge in [-0.05, 0) is 57.7 Å². The molecule has 0 saturated carbocycles. The Morgan fingerprint density at radius 3 is 2.81 bits per heavy atom. The summed E-state index contributed by atoms with van der Waals surface area (Å²) in [7, 11) is 0. The number of nitrogens with zero attached hydrogens (tertiary/aromatic N) is 2. The number of ether oxygens (including phenoxy) is 1. The molecule has 27 heavy (non-hydrogen) atoms. The molecule has 0 amide bonds. The molecular weight excluding hydrogens is 336 g/mol. The molecule has 1 aromatic carbocycles. The molecule has 152 valence electrons. The molecule has 2 atom stereocenters. The first-order valence-corrected chi connectivity index (χ1v) is 10.6. The predicted molar refractivity (Wildman–Crippen MR) is 114 cm³/mol. The fourth-order valence-corrected chi connectivity index (χ4v) is 3.50. The molecule has 0 aromatic heterocycles. The average Bonchev–Trinajstić information content (AvgIpc) is 3.14. The molecule has 1 aliphatic rings. The minimum Gasteiger partial charge on any atom is -0.374 e. The lowest BCUT2D eigenvalue weighted by Gasteiger charge is -2.16. The van der Waals surface area contributed by atoms with E-state index in [0.29, 0.717) is 5.92 Å². The summed E-state index contributed by atoms with van der Waals surface area (Å²) >= 11 is 0. The molecule has 0 radical (unpaired) electrons. The highest BCUT2D eigenvalue weighted by Gasteiger charge is 2.21. The van der Waals surface area contributed by atoms with Crippen LogP contribution in [-0.2, 0) is 4.74 Å². The highest BCUT2D eigenvalue weighted by molar-refractivity contribution is 5.79. The maximum Gasteiger partial charge on any atom is 0.191 e. The summed E-state index contributed by atoms with van der Waals surface area (Å²) in [6.45, 7) is 13.5. The molecule has 1 saturated heterocycles. The summed E-state index contributed by atoms with van der Waals surface area (Å²) in [5.74, 6) is 1.63. The number of guanidine groups is 1. The van der Waals surface area contributed by atoms with Gasteiger partial charge in [-0.1, -0.05) is 37.3 Å². The van der Waals surface area contributed by atoms with Gasteiger partial charge in [0.15, 0.2) is 5.96 Å². The summed E-state index contributed by atoms with van der Waals surface area (Å²) in [4.78, 5) is 7.36. The molecule has 1 aliphatic heterocycles. The Kier molecular flexibility index (Phi) is 10.2. The maximum atomic E-state index is 5.94. The van der Waals surface area contributed by atoms with Crippen LogP contribution in [0.1, 0.15) is 51.7 Å². The van der Waals surface area contributed by atoms with Crippen molar-refractivity contribution in [1.29, 1.82) is 0 Å². The summed E-state index contributed by atoms with van der Waals surface area (Å²) in [5, 5.41) is 6.79. The van der Waals surface area contributed by atoms with Crippen LogP contribution in [0, 0.1) is 5.92 Å². The molecule has 1 fully saturated rings. The van der Waals surface area contributed by atoms with Crippen LogP contribution in [0.2, 0.25) is 0 Å². The van der Waals surface area contributed by atoms with Gasteiger partial charge in [-0.15, -0.1) is 0 Å². The number of hydrogen-bond acceptors (Lipinski definition) is 3. The average molecular weight is 375 g/mol. The first-order valence-electron chi connectivity index (χ1n) is 10.6. The first-order chi connectivity index (χ1) is 13.2. The van der Waals surface area contributed by atoms with Crippen LogP contribution in [-0.4, -0.2) is 56.7 Å². The highest BCUT2D eigenvalue weighted by atomic mass is 16.5. The van der Waals surface area contributed by atoms with Crippen molar-refractivity contribution in [1.82, 2.24) is 15.5 Å². The molecule has 0 bridgehead atoms. The van der Waals surface area contributed by atoms with E-state index < -0.39 is 0 Å². The third-order valence-corrected chi connectivity index (χ3v) is 5.01. The van der Waals surface area contributed by atoms with E-state index in [1.165, 1.54) is 38.0 Å². The van der Waals surface area contributed by atoms with Crippen LogP contribution < -0.4 is 10.6 Å². The standard InChI is InChI=1S/C22H38N4O/c1-4-14-26-15-12-20(18-26)17-25-22(23-5-2)24-13-9-16-27-19(3)21-10-7-6-8-11-21/h6-8,10-11,19-20H,4-5,9,12-18H2,1-3H3,(H2,23,24,25). The van der Waals surface area contributed by atoms with Gasteiger partial charge in [0.1, 0.15) is 0 Å². The van der Waals surface area contributed by atoms with E-state index in [1.54, 1.807) is 0 Å².